The molecular weight excluding hydrogens is 176 g/mol. The van der Waals surface area contributed by atoms with Gasteiger partial charge in [0.25, 0.3) is 0 Å². The number of nitrogens with zero attached hydrogens (tertiary/aromatic N) is 3. The summed E-state index contributed by atoms with van der Waals surface area (Å²) in [5.41, 5.74) is 0. The fraction of sp³-hybridized carbons (Fsp3) is 0.700. The van der Waals surface area contributed by atoms with Gasteiger partial charge in [-0.15, -0.1) is 0 Å². The molecule has 1 fully saturated rings. The lowest BCUT2D eigenvalue weighted by Crippen LogP contribution is -2.49. The largest absolute Gasteiger partial charge is 0.354 e. The van der Waals surface area contributed by atoms with Crippen LogP contribution in [0.4, 0.5) is 5.82 Å². The molecule has 1 aromatic rings. The average molecular weight is 194 g/mol. The lowest BCUT2D eigenvalue weighted by Gasteiger charge is -2.37. The minimum absolute atomic E-state index is 0.666. The molecule has 1 aliphatic rings. The Morgan fingerprint density at radius 2 is 2.00 bits per heavy atom. The molecule has 0 bridgehead atoms. The summed E-state index contributed by atoms with van der Waals surface area (Å²) in [7, 11) is 0. The van der Waals surface area contributed by atoms with Crippen LogP contribution in [-0.2, 0) is 0 Å². The average Bonchev–Trinajstić information content (AvgIpc) is 2.71. The van der Waals surface area contributed by atoms with E-state index in [-0.39, 0.29) is 0 Å². The van der Waals surface area contributed by atoms with Gasteiger partial charge in [-0.1, -0.05) is 0 Å². The number of aromatic amines is 1. The maximum absolute atomic E-state index is 4.04. The molecule has 4 heteroatoms. The van der Waals surface area contributed by atoms with Crippen LogP contribution in [0.2, 0.25) is 0 Å². The number of imidazole rings is 1. The molecule has 0 saturated carbocycles. The molecule has 2 rings (SSSR count). The van der Waals surface area contributed by atoms with Crippen molar-refractivity contribution in [2.45, 2.75) is 19.9 Å². The lowest BCUT2D eigenvalue weighted by molar-refractivity contribution is 0.209. The van der Waals surface area contributed by atoms with Gasteiger partial charge in [-0.3, -0.25) is 4.90 Å². The molecule has 4 nitrogen and oxygen atoms in total. The Morgan fingerprint density at radius 1 is 1.29 bits per heavy atom. The van der Waals surface area contributed by atoms with Crippen LogP contribution in [0.3, 0.4) is 0 Å². The predicted molar refractivity (Wildman–Crippen MR) is 57.5 cm³/mol. The number of anilines is 1. The summed E-state index contributed by atoms with van der Waals surface area (Å²) in [6.07, 6.45) is 3.63. The lowest BCUT2D eigenvalue weighted by atomic mass is 10.2. The van der Waals surface area contributed by atoms with E-state index in [0.717, 1.165) is 32.0 Å². The second kappa shape index (κ2) is 4.00. The Kier molecular flexibility index (Phi) is 2.72. The van der Waals surface area contributed by atoms with Crippen LogP contribution in [0.25, 0.3) is 0 Å². The Balaban J connectivity index is 1.90. The minimum Gasteiger partial charge on any atom is -0.354 e. The second-order valence-electron chi connectivity index (χ2n) is 4.05. The first-order valence-electron chi connectivity index (χ1n) is 5.25. The first-order valence-corrected chi connectivity index (χ1v) is 5.25. The third kappa shape index (κ3) is 1.90. The van der Waals surface area contributed by atoms with E-state index in [0.29, 0.717) is 6.04 Å². The summed E-state index contributed by atoms with van der Waals surface area (Å²) in [5.74, 6) is 1.15. The second-order valence-corrected chi connectivity index (χ2v) is 4.05. The Morgan fingerprint density at radius 3 is 2.50 bits per heavy atom. The Bertz CT molecular complexity index is 260. The number of piperazine rings is 1. The van der Waals surface area contributed by atoms with Gasteiger partial charge in [-0.25, -0.2) is 4.98 Å². The van der Waals surface area contributed by atoms with Crippen LogP contribution < -0.4 is 4.90 Å². The molecule has 0 radical (unpaired) electrons. The van der Waals surface area contributed by atoms with Crippen molar-refractivity contribution < 1.29 is 0 Å². The molecule has 1 aliphatic heterocycles. The van der Waals surface area contributed by atoms with E-state index in [1.165, 1.54) is 0 Å². The van der Waals surface area contributed by atoms with Gasteiger partial charge in [-0.05, 0) is 13.8 Å². The van der Waals surface area contributed by atoms with Crippen molar-refractivity contribution in [1.82, 2.24) is 14.9 Å². The quantitative estimate of drug-likeness (QED) is 0.761. The van der Waals surface area contributed by atoms with E-state index in [2.05, 4.69) is 33.6 Å². The predicted octanol–water partition coefficient (Wildman–Crippen LogP) is 0.940. The highest BCUT2D eigenvalue weighted by Gasteiger charge is 2.19. The van der Waals surface area contributed by atoms with Gasteiger partial charge in [0.05, 0.1) is 12.5 Å². The van der Waals surface area contributed by atoms with Crippen molar-refractivity contribution in [3.63, 3.8) is 0 Å². The number of H-pyrrole nitrogens is 1. The van der Waals surface area contributed by atoms with Gasteiger partial charge >= 0.3 is 0 Å². The van der Waals surface area contributed by atoms with Crippen LogP contribution in [0, 0.1) is 0 Å². The zero-order valence-corrected chi connectivity index (χ0v) is 8.90. The summed E-state index contributed by atoms with van der Waals surface area (Å²) < 4.78 is 0. The van der Waals surface area contributed by atoms with Crippen molar-refractivity contribution in [2.75, 3.05) is 31.1 Å². The molecule has 1 saturated heterocycles. The van der Waals surface area contributed by atoms with E-state index in [9.17, 15) is 0 Å². The maximum atomic E-state index is 4.04. The molecule has 0 aromatic carbocycles. The van der Waals surface area contributed by atoms with Crippen LogP contribution >= 0.6 is 0 Å². The number of hydrogen-bond acceptors (Lipinski definition) is 3. The maximum Gasteiger partial charge on any atom is 0.125 e. The zero-order chi connectivity index (χ0) is 9.97. The van der Waals surface area contributed by atoms with E-state index >= 15 is 0 Å². The third-order valence-electron chi connectivity index (χ3n) is 2.87. The molecule has 14 heavy (non-hydrogen) atoms. The smallest absolute Gasteiger partial charge is 0.125 e. The van der Waals surface area contributed by atoms with Crippen molar-refractivity contribution in [2.24, 2.45) is 0 Å². The highest BCUT2D eigenvalue weighted by Crippen LogP contribution is 2.12. The summed E-state index contributed by atoms with van der Waals surface area (Å²) in [5, 5.41) is 0. The molecule has 0 amide bonds. The van der Waals surface area contributed by atoms with Crippen molar-refractivity contribution in [3.05, 3.63) is 12.5 Å². The topological polar surface area (TPSA) is 35.2 Å². The molecule has 78 valence electrons. The third-order valence-corrected chi connectivity index (χ3v) is 2.87. The Labute approximate surface area is 84.9 Å². The number of hydrogen-bond donors (Lipinski definition) is 1. The van der Waals surface area contributed by atoms with Crippen molar-refractivity contribution >= 4 is 5.82 Å². The molecule has 0 unspecified atom stereocenters. The summed E-state index contributed by atoms with van der Waals surface area (Å²) in [6.45, 7) is 9.01. The highest BCUT2D eigenvalue weighted by molar-refractivity contribution is 5.35. The first-order chi connectivity index (χ1) is 6.77. The van der Waals surface area contributed by atoms with Crippen LogP contribution in [0.5, 0.6) is 0 Å². The van der Waals surface area contributed by atoms with Gasteiger partial charge < -0.3 is 9.88 Å². The van der Waals surface area contributed by atoms with Crippen LogP contribution in [0.1, 0.15) is 13.8 Å². The van der Waals surface area contributed by atoms with Gasteiger partial charge in [0.2, 0.25) is 0 Å². The zero-order valence-electron chi connectivity index (χ0n) is 8.90. The molecule has 0 aliphatic carbocycles. The van der Waals surface area contributed by atoms with Gasteiger partial charge in [0, 0.05) is 32.2 Å². The van der Waals surface area contributed by atoms with E-state index in [1.807, 2.05) is 6.20 Å². The molecule has 1 N–H and O–H groups in total. The molecule has 2 heterocycles. The van der Waals surface area contributed by atoms with E-state index < -0.39 is 0 Å². The van der Waals surface area contributed by atoms with Crippen LogP contribution in [-0.4, -0.2) is 47.1 Å². The number of nitrogens with one attached hydrogen (secondary N) is 1. The van der Waals surface area contributed by atoms with Crippen LogP contribution in [0.15, 0.2) is 12.5 Å². The SMILES string of the molecule is CC(C)N1CCN(c2cnc[nH]2)CC1. The summed E-state index contributed by atoms with van der Waals surface area (Å²) in [4.78, 5) is 12.0. The first kappa shape index (κ1) is 9.52. The minimum atomic E-state index is 0.666. The number of aromatic nitrogens is 2. The number of rotatable bonds is 2. The Hall–Kier alpha value is -1.03. The molecule has 1 aromatic heterocycles. The summed E-state index contributed by atoms with van der Waals surface area (Å²) >= 11 is 0. The fourth-order valence-corrected chi connectivity index (χ4v) is 1.90. The van der Waals surface area contributed by atoms with Gasteiger partial charge in [0.15, 0.2) is 0 Å². The summed E-state index contributed by atoms with van der Waals surface area (Å²) in [6, 6.07) is 0.666. The van der Waals surface area contributed by atoms with E-state index in [1.54, 1.807) is 6.33 Å². The van der Waals surface area contributed by atoms with Gasteiger partial charge in [0.1, 0.15) is 5.82 Å². The fourth-order valence-electron chi connectivity index (χ4n) is 1.90. The van der Waals surface area contributed by atoms with E-state index in [4.69, 9.17) is 0 Å². The molecular formula is C10H18N4. The monoisotopic (exact) mass is 194 g/mol. The normalized spacial score (nSPS) is 19.2. The molecule has 0 spiro atoms. The van der Waals surface area contributed by atoms with Crippen molar-refractivity contribution in [3.8, 4) is 0 Å². The van der Waals surface area contributed by atoms with Crippen molar-refractivity contribution in [1.29, 1.82) is 0 Å². The highest BCUT2D eigenvalue weighted by atomic mass is 15.3. The van der Waals surface area contributed by atoms with Gasteiger partial charge in [-0.2, -0.15) is 0 Å². The molecule has 0 atom stereocenters. The standard InChI is InChI=1S/C10H18N4/c1-9(2)13-3-5-14(6-4-13)10-7-11-8-12-10/h7-9H,3-6H2,1-2H3,(H,11,12).